The van der Waals surface area contributed by atoms with Crippen LogP contribution in [-0.4, -0.2) is 4.98 Å². The number of pyridine rings is 1. The van der Waals surface area contributed by atoms with Crippen molar-refractivity contribution in [3.05, 3.63) is 52.7 Å². The topological polar surface area (TPSA) is 45.9 Å². The van der Waals surface area contributed by atoms with Gasteiger partial charge in [0.05, 0.1) is 11.6 Å². The average molecular weight is 287 g/mol. The summed E-state index contributed by atoms with van der Waals surface area (Å²) in [5.74, 6) is 1.05. The minimum atomic E-state index is -0.0484. The number of halogens is 1. The average Bonchev–Trinajstić information content (AvgIpc) is 2.37. The summed E-state index contributed by atoms with van der Waals surface area (Å²) >= 11 is 5.88. The lowest BCUT2D eigenvalue weighted by Crippen LogP contribution is -2.12. The Bertz CT molecular complexity index is 669. The van der Waals surface area contributed by atoms with Crippen molar-refractivity contribution in [2.45, 2.75) is 26.2 Å². The van der Waals surface area contributed by atoms with Gasteiger partial charge in [-0.1, -0.05) is 50.6 Å². The van der Waals surface area contributed by atoms with Crippen LogP contribution < -0.4 is 4.74 Å². The molecule has 0 aliphatic heterocycles. The molecule has 2 aromatic rings. The second-order valence-corrected chi connectivity index (χ2v) is 5.86. The van der Waals surface area contributed by atoms with Crippen LogP contribution in [0, 0.1) is 11.3 Å². The van der Waals surface area contributed by atoms with E-state index in [2.05, 4.69) is 25.8 Å². The lowest BCUT2D eigenvalue weighted by atomic mass is 9.86. The molecule has 0 spiro atoms. The number of hydrogen-bond acceptors (Lipinski definition) is 3. The minimum absolute atomic E-state index is 0.0484. The van der Waals surface area contributed by atoms with Crippen LogP contribution in [0.4, 0.5) is 0 Å². The van der Waals surface area contributed by atoms with E-state index in [0.29, 0.717) is 11.4 Å². The molecule has 1 aromatic carbocycles. The number of para-hydroxylation sites is 1. The van der Waals surface area contributed by atoms with Gasteiger partial charge in [-0.15, -0.1) is 0 Å². The molecule has 0 aliphatic carbocycles. The quantitative estimate of drug-likeness (QED) is 0.752. The Labute approximate surface area is 123 Å². The van der Waals surface area contributed by atoms with E-state index in [4.69, 9.17) is 21.6 Å². The Balaban J connectivity index is 2.41. The van der Waals surface area contributed by atoms with Gasteiger partial charge in [-0.3, -0.25) is 0 Å². The molecule has 0 saturated carbocycles. The van der Waals surface area contributed by atoms with E-state index >= 15 is 0 Å². The first-order valence-corrected chi connectivity index (χ1v) is 6.63. The molecule has 0 unspecified atom stereocenters. The smallest absolute Gasteiger partial charge is 0.221 e. The van der Waals surface area contributed by atoms with Crippen LogP contribution in [0.5, 0.6) is 11.6 Å². The van der Waals surface area contributed by atoms with Crippen molar-refractivity contribution in [1.82, 2.24) is 4.98 Å². The third-order valence-corrected chi connectivity index (χ3v) is 3.00. The number of aromatic nitrogens is 1. The Kier molecular flexibility index (Phi) is 3.96. The van der Waals surface area contributed by atoms with E-state index in [-0.39, 0.29) is 10.6 Å². The maximum Gasteiger partial charge on any atom is 0.221 e. The van der Waals surface area contributed by atoms with Crippen LogP contribution in [0.15, 0.2) is 36.4 Å². The van der Waals surface area contributed by atoms with E-state index in [1.807, 2.05) is 30.3 Å². The van der Waals surface area contributed by atoms with E-state index in [0.717, 1.165) is 11.3 Å². The second-order valence-electron chi connectivity index (χ2n) is 5.48. The third kappa shape index (κ3) is 3.28. The van der Waals surface area contributed by atoms with Crippen LogP contribution in [0.1, 0.15) is 31.9 Å². The maximum absolute atomic E-state index is 8.94. The van der Waals surface area contributed by atoms with Gasteiger partial charge >= 0.3 is 0 Å². The summed E-state index contributed by atoms with van der Waals surface area (Å²) in [5, 5.41) is 9.19. The number of rotatable bonds is 2. The number of nitrogens with zero attached hydrogens (tertiary/aromatic N) is 2. The predicted octanol–water partition coefficient (Wildman–Crippen LogP) is 4.70. The van der Waals surface area contributed by atoms with Crippen LogP contribution >= 0.6 is 11.6 Å². The molecule has 0 amide bonds. The van der Waals surface area contributed by atoms with Gasteiger partial charge in [0, 0.05) is 11.6 Å². The van der Waals surface area contributed by atoms with Crippen molar-refractivity contribution in [2.75, 3.05) is 0 Å². The molecule has 3 nitrogen and oxygen atoms in total. The molecule has 0 N–H and O–H groups in total. The lowest BCUT2D eigenvalue weighted by molar-refractivity contribution is 0.440. The lowest BCUT2D eigenvalue weighted by Gasteiger charge is -2.22. The molecule has 0 bridgehead atoms. The van der Waals surface area contributed by atoms with Crippen LogP contribution in [0.3, 0.4) is 0 Å². The fourth-order valence-electron chi connectivity index (χ4n) is 1.88. The first-order chi connectivity index (χ1) is 9.40. The van der Waals surface area contributed by atoms with Crippen molar-refractivity contribution in [2.24, 2.45) is 0 Å². The van der Waals surface area contributed by atoms with Crippen LogP contribution in [-0.2, 0) is 5.41 Å². The van der Waals surface area contributed by atoms with E-state index < -0.39 is 0 Å². The van der Waals surface area contributed by atoms with Crippen molar-refractivity contribution < 1.29 is 4.74 Å². The first kappa shape index (κ1) is 14.4. The molecule has 4 heteroatoms. The van der Waals surface area contributed by atoms with E-state index in [1.54, 1.807) is 6.07 Å². The Hall–Kier alpha value is -2.05. The highest BCUT2D eigenvalue weighted by molar-refractivity contribution is 6.29. The van der Waals surface area contributed by atoms with Crippen LogP contribution in [0.25, 0.3) is 0 Å². The molecular weight excluding hydrogens is 272 g/mol. The zero-order chi connectivity index (χ0) is 14.8. The number of benzene rings is 1. The molecule has 20 heavy (non-hydrogen) atoms. The fraction of sp³-hybridized carbons (Fsp3) is 0.250. The highest BCUT2D eigenvalue weighted by Crippen LogP contribution is 2.33. The van der Waals surface area contributed by atoms with Gasteiger partial charge in [-0.05, 0) is 17.5 Å². The molecular formula is C16H15ClN2O. The van der Waals surface area contributed by atoms with Gasteiger partial charge in [0.2, 0.25) is 5.88 Å². The first-order valence-electron chi connectivity index (χ1n) is 6.25. The predicted molar refractivity (Wildman–Crippen MR) is 79.2 cm³/mol. The van der Waals surface area contributed by atoms with Gasteiger partial charge in [-0.25, -0.2) is 4.98 Å². The van der Waals surface area contributed by atoms with E-state index in [1.165, 1.54) is 6.07 Å². The zero-order valence-electron chi connectivity index (χ0n) is 11.6. The van der Waals surface area contributed by atoms with Gasteiger partial charge < -0.3 is 4.74 Å². The SMILES string of the molecule is CC(C)(C)c1ccccc1Oc1cc(C#N)cc(Cl)n1. The van der Waals surface area contributed by atoms with Crippen molar-refractivity contribution >= 4 is 11.6 Å². The molecule has 1 heterocycles. The summed E-state index contributed by atoms with van der Waals surface area (Å²) < 4.78 is 5.81. The van der Waals surface area contributed by atoms with Crippen molar-refractivity contribution in [3.63, 3.8) is 0 Å². The summed E-state index contributed by atoms with van der Waals surface area (Å²) in [5.41, 5.74) is 1.45. The number of ether oxygens (including phenoxy) is 1. The largest absolute Gasteiger partial charge is 0.439 e. The van der Waals surface area contributed by atoms with Gasteiger partial charge in [0.15, 0.2) is 0 Å². The third-order valence-electron chi connectivity index (χ3n) is 2.81. The highest BCUT2D eigenvalue weighted by Gasteiger charge is 2.19. The Morgan fingerprint density at radius 3 is 2.55 bits per heavy atom. The van der Waals surface area contributed by atoms with E-state index in [9.17, 15) is 0 Å². The highest BCUT2D eigenvalue weighted by atomic mass is 35.5. The molecule has 0 saturated heterocycles. The van der Waals surface area contributed by atoms with Gasteiger partial charge in [0.1, 0.15) is 10.9 Å². The summed E-state index contributed by atoms with van der Waals surface area (Å²) in [6.45, 7) is 6.34. The monoisotopic (exact) mass is 286 g/mol. The normalized spacial score (nSPS) is 10.9. The standard InChI is InChI=1S/C16H15ClN2O/c1-16(2,3)12-6-4-5-7-13(12)20-15-9-11(10-18)8-14(17)19-15/h4-9H,1-3H3. The molecule has 1 aromatic heterocycles. The zero-order valence-corrected chi connectivity index (χ0v) is 12.4. The molecule has 0 aliphatic rings. The van der Waals surface area contributed by atoms with Crippen LogP contribution in [0.2, 0.25) is 5.15 Å². The summed E-state index contributed by atoms with van der Waals surface area (Å²) in [7, 11) is 0. The number of nitriles is 1. The molecule has 0 atom stereocenters. The molecule has 102 valence electrons. The van der Waals surface area contributed by atoms with Gasteiger partial charge in [-0.2, -0.15) is 5.26 Å². The van der Waals surface area contributed by atoms with Crippen molar-refractivity contribution in [3.8, 4) is 17.7 Å². The summed E-state index contributed by atoms with van der Waals surface area (Å²) in [6, 6.07) is 12.9. The molecule has 0 fully saturated rings. The molecule has 0 radical (unpaired) electrons. The maximum atomic E-state index is 8.94. The summed E-state index contributed by atoms with van der Waals surface area (Å²) in [6.07, 6.45) is 0. The molecule has 2 rings (SSSR count). The fourth-order valence-corrected chi connectivity index (χ4v) is 2.08. The second kappa shape index (κ2) is 5.52. The Morgan fingerprint density at radius 2 is 1.90 bits per heavy atom. The summed E-state index contributed by atoms with van der Waals surface area (Å²) in [4.78, 5) is 4.09. The van der Waals surface area contributed by atoms with Crippen molar-refractivity contribution in [1.29, 1.82) is 5.26 Å². The Morgan fingerprint density at radius 1 is 1.20 bits per heavy atom. The van der Waals surface area contributed by atoms with Gasteiger partial charge in [0.25, 0.3) is 0 Å². The number of hydrogen-bond donors (Lipinski definition) is 0. The minimum Gasteiger partial charge on any atom is -0.439 e.